The van der Waals surface area contributed by atoms with Gasteiger partial charge in [0.25, 0.3) is 5.91 Å². The number of hydrogen-bond acceptors (Lipinski definition) is 3. The lowest BCUT2D eigenvalue weighted by Gasteiger charge is -2.30. The molecule has 0 fully saturated rings. The summed E-state index contributed by atoms with van der Waals surface area (Å²) < 4.78 is 5.80. The number of amides is 2. The van der Waals surface area contributed by atoms with Crippen molar-refractivity contribution in [1.82, 2.24) is 5.32 Å². The minimum Gasteiger partial charge on any atom is -0.449 e. The summed E-state index contributed by atoms with van der Waals surface area (Å²) >= 11 is 6.20. The summed E-state index contributed by atoms with van der Waals surface area (Å²) in [6.45, 7) is 3.84. The van der Waals surface area contributed by atoms with Gasteiger partial charge < -0.3 is 10.1 Å². The Kier molecular flexibility index (Phi) is 5.81. The predicted octanol–water partition coefficient (Wildman–Crippen LogP) is 4.02. The molecule has 0 spiro atoms. The molecule has 1 aliphatic heterocycles. The van der Waals surface area contributed by atoms with Crippen molar-refractivity contribution in [3.05, 3.63) is 64.9 Å². The normalized spacial score (nSPS) is 15.9. The van der Waals surface area contributed by atoms with E-state index in [-0.39, 0.29) is 30.2 Å². The Labute approximate surface area is 163 Å². The summed E-state index contributed by atoms with van der Waals surface area (Å²) in [5.74, 6) is 0.0456. The Morgan fingerprint density at radius 3 is 2.67 bits per heavy atom. The summed E-state index contributed by atoms with van der Waals surface area (Å²) in [5, 5.41) is 3.40. The van der Waals surface area contributed by atoms with Gasteiger partial charge in [0, 0.05) is 11.1 Å². The van der Waals surface area contributed by atoms with Crippen molar-refractivity contribution in [2.75, 3.05) is 11.4 Å². The smallest absolute Gasteiger partial charge is 0.294 e. The van der Waals surface area contributed by atoms with Crippen LogP contribution >= 0.6 is 11.6 Å². The van der Waals surface area contributed by atoms with E-state index < -0.39 is 0 Å². The molecule has 5 nitrogen and oxygen atoms in total. The van der Waals surface area contributed by atoms with Crippen molar-refractivity contribution in [3.63, 3.8) is 0 Å². The quantitative estimate of drug-likeness (QED) is 0.792. The number of carbonyl (C=O) groups excluding carboxylic acids is 2. The molecule has 1 aliphatic rings. The Bertz CT molecular complexity index is 895. The standard InChI is InChI=1S/C21H21ClN2O3/c1-3-14(2)23-20(25)13-24-17-10-6-7-11-18(17)27-19(21(24)26)12-15-8-4-5-9-16(15)22/h4-12,14H,3,13H2,1-2H3,(H,23,25)/b19-12+/t14-/m1/s1. The second kappa shape index (κ2) is 8.27. The molecule has 0 aliphatic carbocycles. The van der Waals surface area contributed by atoms with Gasteiger partial charge in [-0.05, 0) is 43.2 Å². The molecule has 0 bridgehead atoms. The van der Waals surface area contributed by atoms with Crippen LogP contribution in [0.3, 0.4) is 0 Å². The first-order chi connectivity index (χ1) is 13.0. The van der Waals surface area contributed by atoms with E-state index in [4.69, 9.17) is 16.3 Å². The zero-order valence-corrected chi connectivity index (χ0v) is 16.0. The van der Waals surface area contributed by atoms with Gasteiger partial charge in [-0.15, -0.1) is 0 Å². The average Bonchev–Trinajstić information content (AvgIpc) is 2.66. The van der Waals surface area contributed by atoms with Gasteiger partial charge in [-0.25, -0.2) is 0 Å². The van der Waals surface area contributed by atoms with Gasteiger partial charge in [0.05, 0.1) is 5.69 Å². The first kappa shape index (κ1) is 19.0. The van der Waals surface area contributed by atoms with E-state index in [2.05, 4.69) is 5.32 Å². The topological polar surface area (TPSA) is 58.6 Å². The second-order valence-corrected chi connectivity index (χ2v) is 6.78. The lowest BCUT2D eigenvalue weighted by Crippen LogP contribution is -2.46. The van der Waals surface area contributed by atoms with Crippen molar-refractivity contribution >= 4 is 35.2 Å². The molecule has 3 rings (SSSR count). The fraction of sp³-hybridized carbons (Fsp3) is 0.238. The van der Waals surface area contributed by atoms with E-state index >= 15 is 0 Å². The number of para-hydroxylation sites is 2. The van der Waals surface area contributed by atoms with Crippen LogP contribution < -0.4 is 15.0 Å². The molecule has 6 heteroatoms. The van der Waals surface area contributed by atoms with Crippen LogP contribution in [0.1, 0.15) is 25.8 Å². The van der Waals surface area contributed by atoms with Crippen LogP contribution in [0.2, 0.25) is 5.02 Å². The molecular formula is C21H21ClN2O3. The van der Waals surface area contributed by atoms with Gasteiger partial charge in [-0.2, -0.15) is 0 Å². The third kappa shape index (κ3) is 4.31. The number of nitrogens with zero attached hydrogens (tertiary/aromatic N) is 1. The maximum Gasteiger partial charge on any atom is 0.294 e. The molecule has 140 valence electrons. The van der Waals surface area contributed by atoms with Gasteiger partial charge in [-0.1, -0.05) is 48.9 Å². The third-order valence-electron chi connectivity index (χ3n) is 4.35. The summed E-state index contributed by atoms with van der Waals surface area (Å²) in [5.41, 5.74) is 1.24. The molecular weight excluding hydrogens is 364 g/mol. The fourth-order valence-electron chi connectivity index (χ4n) is 2.72. The van der Waals surface area contributed by atoms with Gasteiger partial charge in [0.2, 0.25) is 5.91 Å². The number of rotatable bonds is 5. The minimum absolute atomic E-state index is 0.0435. The van der Waals surface area contributed by atoms with Gasteiger partial charge in [0.15, 0.2) is 11.5 Å². The van der Waals surface area contributed by atoms with E-state index in [0.29, 0.717) is 22.0 Å². The van der Waals surface area contributed by atoms with Crippen LogP contribution in [0.25, 0.3) is 6.08 Å². The molecule has 0 saturated heterocycles. The van der Waals surface area contributed by atoms with Crippen LogP contribution in [-0.4, -0.2) is 24.4 Å². The first-order valence-corrected chi connectivity index (χ1v) is 9.21. The maximum atomic E-state index is 13.0. The van der Waals surface area contributed by atoms with Crippen LogP contribution in [0.5, 0.6) is 5.75 Å². The van der Waals surface area contributed by atoms with Crippen LogP contribution in [0.4, 0.5) is 5.69 Å². The number of ether oxygens (including phenoxy) is 1. The summed E-state index contributed by atoms with van der Waals surface area (Å²) in [7, 11) is 0. The molecule has 0 aromatic heterocycles. The lowest BCUT2D eigenvalue weighted by molar-refractivity contribution is -0.123. The van der Waals surface area contributed by atoms with Crippen molar-refractivity contribution < 1.29 is 14.3 Å². The molecule has 1 heterocycles. The SMILES string of the molecule is CC[C@@H](C)NC(=O)CN1C(=O)/C(=C\c2ccccc2Cl)Oc2ccccc21. The first-order valence-electron chi connectivity index (χ1n) is 8.84. The zero-order valence-electron chi connectivity index (χ0n) is 15.2. The Morgan fingerprint density at radius 1 is 1.22 bits per heavy atom. The molecule has 0 radical (unpaired) electrons. The molecule has 0 unspecified atom stereocenters. The third-order valence-corrected chi connectivity index (χ3v) is 4.69. The van der Waals surface area contributed by atoms with E-state index in [1.807, 2.05) is 32.0 Å². The fourth-order valence-corrected chi connectivity index (χ4v) is 2.91. The minimum atomic E-state index is -0.382. The van der Waals surface area contributed by atoms with Crippen LogP contribution in [0, 0.1) is 0 Å². The molecule has 1 N–H and O–H groups in total. The number of anilines is 1. The molecule has 2 amide bonds. The number of fused-ring (bicyclic) bond motifs is 1. The van der Waals surface area contributed by atoms with E-state index in [0.717, 1.165) is 6.42 Å². The Balaban J connectivity index is 1.93. The van der Waals surface area contributed by atoms with Gasteiger partial charge >= 0.3 is 0 Å². The number of benzene rings is 2. The van der Waals surface area contributed by atoms with Crippen molar-refractivity contribution in [3.8, 4) is 5.75 Å². The number of nitrogens with one attached hydrogen (secondary N) is 1. The molecule has 2 aromatic rings. The number of carbonyl (C=O) groups is 2. The van der Waals surface area contributed by atoms with Crippen LogP contribution in [0.15, 0.2) is 54.3 Å². The zero-order chi connectivity index (χ0) is 19.4. The average molecular weight is 385 g/mol. The Morgan fingerprint density at radius 2 is 1.93 bits per heavy atom. The van der Waals surface area contributed by atoms with Crippen LogP contribution in [-0.2, 0) is 9.59 Å². The van der Waals surface area contributed by atoms with Crippen molar-refractivity contribution in [2.24, 2.45) is 0 Å². The van der Waals surface area contributed by atoms with Crippen molar-refractivity contribution in [1.29, 1.82) is 0 Å². The molecule has 0 saturated carbocycles. The van der Waals surface area contributed by atoms with Gasteiger partial charge in [-0.3, -0.25) is 14.5 Å². The largest absolute Gasteiger partial charge is 0.449 e. The number of halogens is 1. The molecule has 1 atom stereocenters. The molecule has 27 heavy (non-hydrogen) atoms. The van der Waals surface area contributed by atoms with E-state index in [1.165, 1.54) is 4.90 Å². The van der Waals surface area contributed by atoms with E-state index in [1.54, 1.807) is 36.4 Å². The summed E-state index contributed by atoms with van der Waals surface area (Å²) in [6, 6.07) is 14.4. The van der Waals surface area contributed by atoms with Crippen molar-refractivity contribution in [2.45, 2.75) is 26.3 Å². The monoisotopic (exact) mass is 384 g/mol. The highest BCUT2D eigenvalue weighted by atomic mass is 35.5. The highest BCUT2D eigenvalue weighted by Gasteiger charge is 2.31. The summed E-state index contributed by atoms with van der Waals surface area (Å²) in [6.07, 6.45) is 2.41. The highest BCUT2D eigenvalue weighted by Crippen LogP contribution is 2.35. The highest BCUT2D eigenvalue weighted by molar-refractivity contribution is 6.32. The summed E-state index contributed by atoms with van der Waals surface area (Å²) in [4.78, 5) is 26.8. The van der Waals surface area contributed by atoms with E-state index in [9.17, 15) is 9.59 Å². The van der Waals surface area contributed by atoms with Gasteiger partial charge in [0.1, 0.15) is 6.54 Å². The maximum absolute atomic E-state index is 13.0. The number of hydrogen-bond donors (Lipinski definition) is 1. The Hall–Kier alpha value is -2.79. The predicted molar refractivity (Wildman–Crippen MR) is 107 cm³/mol. The molecule has 2 aromatic carbocycles. The second-order valence-electron chi connectivity index (χ2n) is 6.37. The lowest BCUT2D eigenvalue weighted by atomic mass is 10.1.